The van der Waals surface area contributed by atoms with E-state index in [0.717, 1.165) is 11.1 Å². The lowest BCUT2D eigenvalue weighted by Gasteiger charge is -2.25. The van der Waals surface area contributed by atoms with Gasteiger partial charge in [0.05, 0.1) is 5.57 Å². The summed E-state index contributed by atoms with van der Waals surface area (Å²) in [5.41, 5.74) is 2.86. The Morgan fingerprint density at radius 2 is 1.70 bits per heavy atom. The number of amides is 1. The zero-order valence-corrected chi connectivity index (χ0v) is 17.5. The van der Waals surface area contributed by atoms with Crippen LogP contribution in [0.15, 0.2) is 64.6 Å². The molecular weight excluding hydrogens is 402 g/mol. The fraction of sp³-hybridized carbons (Fsp3) is 0.167. The summed E-state index contributed by atoms with van der Waals surface area (Å²) in [5, 5.41) is 11.5. The van der Waals surface area contributed by atoms with Gasteiger partial charge in [0, 0.05) is 16.3 Å². The van der Waals surface area contributed by atoms with E-state index >= 15 is 0 Å². The monoisotopic (exact) mass is 421 g/mol. The van der Waals surface area contributed by atoms with E-state index in [-0.39, 0.29) is 11.3 Å². The zero-order chi connectivity index (χ0) is 21.6. The number of aliphatic hydroxyl groups is 1. The van der Waals surface area contributed by atoms with Crippen LogP contribution in [0.4, 0.5) is 5.69 Å². The highest BCUT2D eigenvalue weighted by Crippen LogP contribution is 2.43. The van der Waals surface area contributed by atoms with Gasteiger partial charge in [0.1, 0.15) is 23.3 Å². The molecule has 1 aromatic heterocycles. The molecule has 1 aliphatic rings. The van der Waals surface area contributed by atoms with Gasteiger partial charge in [-0.2, -0.15) is 0 Å². The van der Waals surface area contributed by atoms with Gasteiger partial charge in [-0.1, -0.05) is 29.3 Å². The second-order valence-electron chi connectivity index (χ2n) is 7.41. The number of hydrogen-bond acceptors (Lipinski definition) is 4. The van der Waals surface area contributed by atoms with E-state index in [4.69, 9.17) is 16.0 Å². The van der Waals surface area contributed by atoms with Gasteiger partial charge in [-0.3, -0.25) is 14.5 Å². The molecule has 1 aliphatic heterocycles. The number of benzene rings is 2. The van der Waals surface area contributed by atoms with Crippen LogP contribution in [0.3, 0.4) is 0 Å². The highest BCUT2D eigenvalue weighted by molar-refractivity contribution is 6.51. The molecule has 1 atom stereocenters. The number of anilines is 1. The number of halogens is 1. The van der Waals surface area contributed by atoms with E-state index in [9.17, 15) is 14.7 Å². The van der Waals surface area contributed by atoms with Crippen LogP contribution in [0.1, 0.15) is 34.3 Å². The summed E-state index contributed by atoms with van der Waals surface area (Å²) in [4.78, 5) is 27.6. The van der Waals surface area contributed by atoms with Crippen LogP contribution >= 0.6 is 11.6 Å². The molecule has 2 heterocycles. The minimum atomic E-state index is -0.879. The van der Waals surface area contributed by atoms with Gasteiger partial charge in [-0.05, 0) is 68.8 Å². The van der Waals surface area contributed by atoms with Crippen molar-refractivity contribution >= 4 is 34.7 Å². The molecule has 30 heavy (non-hydrogen) atoms. The van der Waals surface area contributed by atoms with Crippen LogP contribution < -0.4 is 4.90 Å². The van der Waals surface area contributed by atoms with Gasteiger partial charge in [0.15, 0.2) is 0 Å². The molecule has 0 saturated carbocycles. The van der Waals surface area contributed by atoms with Crippen LogP contribution in [0.25, 0.3) is 5.76 Å². The molecule has 0 aliphatic carbocycles. The van der Waals surface area contributed by atoms with Gasteiger partial charge >= 0.3 is 0 Å². The summed E-state index contributed by atoms with van der Waals surface area (Å²) in [6, 6.07) is 14.7. The first-order valence-corrected chi connectivity index (χ1v) is 9.86. The Hall–Kier alpha value is -3.31. The number of Topliss-reactive ketones (excluding diaryl/α,β-unsaturated/α-hetero) is 1. The SMILES string of the molecule is Cc1ccc(N2C(=O)C(=O)/C(=C(\O)c3ccc(Cl)cc3)C2c2ccc(C)o2)c(C)c1. The summed E-state index contributed by atoms with van der Waals surface area (Å²) in [6.07, 6.45) is 0. The van der Waals surface area contributed by atoms with Gasteiger partial charge in [0.25, 0.3) is 11.7 Å². The largest absolute Gasteiger partial charge is 0.507 e. The molecule has 2 aromatic carbocycles. The predicted molar refractivity (Wildman–Crippen MR) is 116 cm³/mol. The Kier molecular flexibility index (Phi) is 5.00. The van der Waals surface area contributed by atoms with Gasteiger partial charge in [0.2, 0.25) is 0 Å². The van der Waals surface area contributed by atoms with Crippen molar-refractivity contribution in [3.05, 3.63) is 93.4 Å². The average molecular weight is 422 g/mol. The normalized spacial score (nSPS) is 18.3. The van der Waals surface area contributed by atoms with Crippen LogP contribution in [-0.2, 0) is 9.59 Å². The molecule has 3 aromatic rings. The number of rotatable bonds is 3. The van der Waals surface area contributed by atoms with Crippen LogP contribution in [-0.4, -0.2) is 16.8 Å². The second-order valence-corrected chi connectivity index (χ2v) is 7.85. The summed E-state index contributed by atoms with van der Waals surface area (Å²) in [6.45, 7) is 5.62. The van der Waals surface area contributed by atoms with Crippen LogP contribution in [0, 0.1) is 20.8 Å². The Bertz CT molecular complexity index is 1190. The van der Waals surface area contributed by atoms with Gasteiger partial charge < -0.3 is 9.52 Å². The third kappa shape index (κ3) is 3.31. The maximum Gasteiger partial charge on any atom is 0.300 e. The molecule has 1 unspecified atom stereocenters. The third-order valence-electron chi connectivity index (χ3n) is 5.20. The van der Waals surface area contributed by atoms with E-state index in [1.807, 2.05) is 26.0 Å². The average Bonchev–Trinajstić information content (AvgIpc) is 3.24. The van der Waals surface area contributed by atoms with E-state index in [1.54, 1.807) is 49.4 Å². The molecule has 152 valence electrons. The van der Waals surface area contributed by atoms with Crippen molar-refractivity contribution in [2.75, 3.05) is 4.90 Å². The van der Waals surface area contributed by atoms with Crippen molar-refractivity contribution in [1.29, 1.82) is 0 Å². The Balaban J connectivity index is 1.95. The predicted octanol–water partition coefficient (Wildman–Crippen LogP) is 5.48. The van der Waals surface area contributed by atoms with Gasteiger partial charge in [-0.25, -0.2) is 0 Å². The van der Waals surface area contributed by atoms with E-state index in [1.165, 1.54) is 4.90 Å². The molecule has 0 bridgehead atoms. The fourth-order valence-corrected chi connectivity index (χ4v) is 3.92. The highest BCUT2D eigenvalue weighted by atomic mass is 35.5. The molecule has 4 rings (SSSR count). The number of carbonyl (C=O) groups excluding carboxylic acids is 2. The maximum atomic E-state index is 13.1. The number of carbonyl (C=O) groups is 2. The molecule has 1 fully saturated rings. The first-order chi connectivity index (χ1) is 14.3. The standard InChI is InChI=1S/C24H20ClNO4/c1-13-4-10-18(14(2)12-13)26-21(19-11-5-15(3)30-19)20(23(28)24(26)29)22(27)16-6-8-17(25)9-7-16/h4-12,21,27H,1-3H3/b22-20-. The number of aryl methyl sites for hydroxylation is 3. The number of hydrogen-bond donors (Lipinski definition) is 1. The number of furan rings is 1. The van der Waals surface area contributed by atoms with Crippen LogP contribution in [0.5, 0.6) is 0 Å². The minimum Gasteiger partial charge on any atom is -0.507 e. The third-order valence-corrected chi connectivity index (χ3v) is 5.46. The molecule has 0 radical (unpaired) electrons. The molecule has 0 spiro atoms. The molecule has 6 heteroatoms. The van der Waals surface area contributed by atoms with Gasteiger partial charge in [-0.15, -0.1) is 0 Å². The van der Waals surface area contributed by atoms with Crippen molar-refractivity contribution < 1.29 is 19.1 Å². The number of ketones is 1. The van der Waals surface area contributed by atoms with Crippen molar-refractivity contribution in [2.45, 2.75) is 26.8 Å². The van der Waals surface area contributed by atoms with Crippen molar-refractivity contribution in [3.8, 4) is 0 Å². The molecule has 1 amide bonds. The lowest BCUT2D eigenvalue weighted by atomic mass is 9.99. The summed E-state index contributed by atoms with van der Waals surface area (Å²) < 4.78 is 5.80. The zero-order valence-electron chi connectivity index (χ0n) is 16.8. The first-order valence-electron chi connectivity index (χ1n) is 9.48. The van der Waals surface area contributed by atoms with Crippen LogP contribution in [0.2, 0.25) is 5.02 Å². The Labute approximate surface area is 179 Å². The van der Waals surface area contributed by atoms with E-state index in [0.29, 0.717) is 27.8 Å². The maximum absolute atomic E-state index is 13.1. The fourth-order valence-electron chi connectivity index (χ4n) is 3.79. The second kappa shape index (κ2) is 7.50. The smallest absolute Gasteiger partial charge is 0.300 e. The molecule has 1 N–H and O–H groups in total. The Morgan fingerprint density at radius 1 is 1.00 bits per heavy atom. The summed E-state index contributed by atoms with van der Waals surface area (Å²) in [5.74, 6) is -0.695. The quantitative estimate of drug-likeness (QED) is 0.345. The number of nitrogens with zero attached hydrogens (tertiary/aromatic N) is 1. The van der Waals surface area contributed by atoms with Crippen molar-refractivity contribution in [3.63, 3.8) is 0 Å². The van der Waals surface area contributed by atoms with Crippen molar-refractivity contribution in [1.82, 2.24) is 0 Å². The molecule has 5 nitrogen and oxygen atoms in total. The minimum absolute atomic E-state index is 0.0170. The summed E-state index contributed by atoms with van der Waals surface area (Å²) in [7, 11) is 0. The molecule has 1 saturated heterocycles. The van der Waals surface area contributed by atoms with E-state index < -0.39 is 17.7 Å². The Morgan fingerprint density at radius 3 is 2.30 bits per heavy atom. The van der Waals surface area contributed by atoms with E-state index in [2.05, 4.69) is 0 Å². The van der Waals surface area contributed by atoms with Crippen molar-refractivity contribution in [2.24, 2.45) is 0 Å². The summed E-state index contributed by atoms with van der Waals surface area (Å²) >= 11 is 5.95. The highest BCUT2D eigenvalue weighted by Gasteiger charge is 2.48. The number of aliphatic hydroxyl groups excluding tert-OH is 1. The lowest BCUT2D eigenvalue weighted by Crippen LogP contribution is -2.30. The topological polar surface area (TPSA) is 70.8 Å². The molecular formula is C24H20ClNO4. The lowest BCUT2D eigenvalue weighted by molar-refractivity contribution is -0.132. The first kappa shape index (κ1) is 20.0.